The molecule has 0 aliphatic carbocycles. The van der Waals surface area contributed by atoms with Crippen LogP contribution in [0.1, 0.15) is 61.5 Å². The first-order valence-corrected chi connectivity index (χ1v) is 15.7. The Bertz CT molecular complexity index is 595. The molecule has 3 nitrogen and oxygen atoms in total. The van der Waals surface area contributed by atoms with Crippen molar-refractivity contribution >= 4 is 21.4 Å². The molecule has 0 radical (unpaired) electrons. The third kappa shape index (κ3) is 3.68. The topological polar surface area (TPSA) is 46.5 Å². The zero-order valence-corrected chi connectivity index (χ0v) is 18.0. The Morgan fingerprint density at radius 2 is 1.83 bits per heavy atom. The maximum absolute atomic E-state index is 11.1. The molecular weight excluding hydrogens is 332 g/mol. The molecule has 0 spiro atoms. The van der Waals surface area contributed by atoms with Gasteiger partial charge in [-0.05, 0) is 63.0 Å². The third-order valence-electron chi connectivity index (χ3n) is 6.06. The number of carboxylic acid groups (broad SMARTS) is 1. The molecule has 0 bridgehead atoms. The molecule has 0 amide bonds. The van der Waals surface area contributed by atoms with Crippen LogP contribution in [-0.4, -0.2) is 32.1 Å². The van der Waals surface area contributed by atoms with Gasteiger partial charge in [-0.2, -0.15) is 0 Å². The SMILES string of the molecule is CCCC(c1ccc(C(=O)O)cc1)[Si]1(C)CCC(C)(C)O[Si]1(C)C. The van der Waals surface area contributed by atoms with Crippen LogP contribution in [0.3, 0.4) is 0 Å². The largest absolute Gasteiger partial charge is 0.478 e. The van der Waals surface area contributed by atoms with Gasteiger partial charge in [-0.15, -0.1) is 0 Å². The van der Waals surface area contributed by atoms with E-state index >= 15 is 0 Å². The van der Waals surface area contributed by atoms with Crippen molar-refractivity contribution < 1.29 is 14.3 Å². The summed E-state index contributed by atoms with van der Waals surface area (Å²) in [5, 5.41) is 9.15. The lowest BCUT2D eigenvalue weighted by atomic mass is 10.1. The minimum absolute atomic E-state index is 0.00611. The van der Waals surface area contributed by atoms with Gasteiger partial charge in [0.05, 0.1) is 18.8 Å². The number of rotatable bonds is 5. The lowest BCUT2D eigenvalue weighted by Crippen LogP contribution is -2.68. The monoisotopic (exact) mass is 364 g/mol. The van der Waals surface area contributed by atoms with Crippen LogP contribution >= 0.6 is 0 Å². The van der Waals surface area contributed by atoms with Gasteiger partial charge in [0.15, 0.2) is 7.83 Å². The van der Waals surface area contributed by atoms with Crippen LogP contribution in [0.25, 0.3) is 0 Å². The molecule has 1 heterocycles. The minimum atomic E-state index is -1.78. The van der Waals surface area contributed by atoms with Crippen molar-refractivity contribution in [1.29, 1.82) is 0 Å². The fraction of sp³-hybridized carbons (Fsp3) is 0.632. The van der Waals surface area contributed by atoms with Crippen molar-refractivity contribution in [2.75, 3.05) is 0 Å². The molecule has 1 aromatic rings. The second kappa shape index (κ2) is 6.77. The summed E-state index contributed by atoms with van der Waals surface area (Å²) in [5.74, 6) is -0.852. The quantitative estimate of drug-likeness (QED) is 0.715. The first-order valence-electron chi connectivity index (χ1n) is 9.06. The van der Waals surface area contributed by atoms with Crippen molar-refractivity contribution in [2.24, 2.45) is 0 Å². The maximum Gasteiger partial charge on any atom is 0.335 e. The maximum atomic E-state index is 11.1. The molecule has 1 aliphatic heterocycles. The summed E-state index contributed by atoms with van der Waals surface area (Å²) in [6.45, 7) is 14.1. The molecule has 24 heavy (non-hydrogen) atoms. The van der Waals surface area contributed by atoms with Crippen molar-refractivity contribution in [2.45, 2.75) is 76.9 Å². The van der Waals surface area contributed by atoms with E-state index < -0.39 is 21.4 Å². The van der Waals surface area contributed by atoms with E-state index in [1.54, 1.807) is 12.1 Å². The summed E-state index contributed by atoms with van der Waals surface area (Å²) < 4.78 is 6.69. The smallest absolute Gasteiger partial charge is 0.335 e. The van der Waals surface area contributed by atoms with Gasteiger partial charge in [0.25, 0.3) is 0 Å². The van der Waals surface area contributed by atoms with Crippen LogP contribution in [-0.2, 0) is 4.43 Å². The molecule has 5 heteroatoms. The van der Waals surface area contributed by atoms with Gasteiger partial charge in [0.1, 0.15) is 0 Å². The van der Waals surface area contributed by atoms with E-state index in [0.717, 1.165) is 12.8 Å². The number of benzene rings is 1. The van der Waals surface area contributed by atoms with Gasteiger partial charge in [-0.25, -0.2) is 4.79 Å². The highest BCUT2D eigenvalue weighted by Crippen LogP contribution is 2.47. The molecule has 1 N–H and O–H groups in total. The first-order chi connectivity index (χ1) is 11.0. The number of carbonyl (C=O) groups is 1. The summed E-state index contributed by atoms with van der Waals surface area (Å²) in [4.78, 5) is 11.1. The highest BCUT2D eigenvalue weighted by molar-refractivity contribution is 7.39. The normalized spacial score (nSPS) is 26.8. The Morgan fingerprint density at radius 1 is 1.25 bits per heavy atom. The zero-order valence-electron chi connectivity index (χ0n) is 16.0. The molecule has 2 unspecified atom stereocenters. The third-order valence-corrected chi connectivity index (χ3v) is 23.7. The van der Waals surface area contributed by atoms with Crippen molar-refractivity contribution in [3.05, 3.63) is 35.4 Å². The van der Waals surface area contributed by atoms with Crippen LogP contribution in [0, 0.1) is 0 Å². The molecular formula is C19H32O3Si2. The molecule has 0 aromatic heterocycles. The highest BCUT2D eigenvalue weighted by atomic mass is 29.3. The first kappa shape index (κ1) is 19.4. The van der Waals surface area contributed by atoms with Gasteiger partial charge in [0, 0.05) is 0 Å². The molecule has 1 aromatic carbocycles. The van der Waals surface area contributed by atoms with Crippen LogP contribution in [0.2, 0.25) is 25.7 Å². The summed E-state index contributed by atoms with van der Waals surface area (Å²) in [5.41, 5.74) is 2.26. The lowest BCUT2D eigenvalue weighted by Gasteiger charge is -2.54. The molecule has 1 aliphatic rings. The van der Waals surface area contributed by atoms with Crippen LogP contribution in [0.5, 0.6) is 0 Å². The predicted molar refractivity (Wildman–Crippen MR) is 105 cm³/mol. The minimum Gasteiger partial charge on any atom is -0.478 e. The van der Waals surface area contributed by atoms with E-state index in [4.69, 9.17) is 9.53 Å². The summed E-state index contributed by atoms with van der Waals surface area (Å²) in [7, 11) is -3.40. The van der Waals surface area contributed by atoms with Crippen LogP contribution in [0.4, 0.5) is 0 Å². The molecule has 2 atom stereocenters. The lowest BCUT2D eigenvalue weighted by molar-refractivity contribution is 0.0696. The number of hydrogen-bond donors (Lipinski definition) is 1. The fourth-order valence-corrected chi connectivity index (χ4v) is 18.0. The van der Waals surface area contributed by atoms with Crippen molar-refractivity contribution in [1.82, 2.24) is 0 Å². The summed E-state index contributed by atoms with van der Waals surface area (Å²) in [6, 6.07) is 8.93. The average Bonchev–Trinajstić information content (AvgIpc) is 2.48. The second-order valence-electron chi connectivity index (χ2n) is 8.56. The molecule has 134 valence electrons. The Balaban J connectivity index is 2.40. The molecule has 0 saturated carbocycles. The Kier molecular flexibility index (Phi) is 5.47. The van der Waals surface area contributed by atoms with E-state index in [1.165, 1.54) is 18.0 Å². The molecule has 1 fully saturated rings. The number of aromatic carboxylic acids is 1. The van der Waals surface area contributed by atoms with Gasteiger partial charge in [-0.1, -0.05) is 38.1 Å². The summed E-state index contributed by atoms with van der Waals surface area (Å²) >= 11 is 0. The average molecular weight is 365 g/mol. The Morgan fingerprint density at radius 3 is 2.29 bits per heavy atom. The highest BCUT2D eigenvalue weighted by Gasteiger charge is 2.56. The van der Waals surface area contributed by atoms with Gasteiger partial charge in [-0.3, -0.25) is 0 Å². The van der Waals surface area contributed by atoms with E-state index in [0.29, 0.717) is 11.1 Å². The van der Waals surface area contributed by atoms with E-state index in [-0.39, 0.29) is 5.60 Å². The van der Waals surface area contributed by atoms with Crippen molar-refractivity contribution in [3.8, 4) is 0 Å². The van der Waals surface area contributed by atoms with Crippen molar-refractivity contribution in [3.63, 3.8) is 0 Å². The van der Waals surface area contributed by atoms with Gasteiger partial charge < -0.3 is 9.53 Å². The fourth-order valence-electron chi connectivity index (χ4n) is 4.31. The Labute approximate surface area is 148 Å². The van der Waals surface area contributed by atoms with Crippen LogP contribution in [0.15, 0.2) is 24.3 Å². The van der Waals surface area contributed by atoms with E-state index in [9.17, 15) is 4.79 Å². The standard InChI is InChI=1S/C19H32O3Si2/c1-7-8-17(15-9-11-16(12-10-15)18(20)21)24(6)14-13-19(2,3)22-23(24,4)5/h9-12,17H,7-8,13-14H2,1-6H3,(H,20,21). The number of hydrogen-bond acceptors (Lipinski definition) is 2. The zero-order chi connectivity index (χ0) is 18.2. The van der Waals surface area contributed by atoms with Crippen LogP contribution < -0.4 is 0 Å². The molecule has 2 rings (SSSR count). The van der Waals surface area contributed by atoms with Gasteiger partial charge in [0.2, 0.25) is 0 Å². The summed E-state index contributed by atoms with van der Waals surface area (Å²) in [6.07, 6.45) is 3.47. The van der Waals surface area contributed by atoms with Gasteiger partial charge >= 0.3 is 5.97 Å². The predicted octanol–water partition coefficient (Wildman–Crippen LogP) is 5.37. The van der Waals surface area contributed by atoms with E-state index in [2.05, 4.69) is 40.4 Å². The van der Waals surface area contributed by atoms with E-state index in [1.807, 2.05) is 12.1 Å². The molecule has 1 saturated heterocycles. The Hall–Kier alpha value is -0.916. The second-order valence-corrected chi connectivity index (χ2v) is 22.9. The number of carboxylic acids is 1.